The van der Waals surface area contributed by atoms with E-state index in [0.717, 1.165) is 21.3 Å². The molecule has 0 aliphatic carbocycles. The van der Waals surface area contributed by atoms with E-state index >= 15 is 0 Å². The highest BCUT2D eigenvalue weighted by atomic mass is 79.9. The van der Waals surface area contributed by atoms with Crippen molar-refractivity contribution >= 4 is 27.3 Å². The fourth-order valence-corrected chi connectivity index (χ4v) is 4.04. The smallest absolute Gasteiger partial charge is 0.261 e. The minimum atomic E-state index is -0.109. The predicted octanol–water partition coefficient (Wildman–Crippen LogP) is 5.07. The van der Waals surface area contributed by atoms with E-state index in [1.54, 1.807) is 29.2 Å². The Hall–Kier alpha value is -2.77. The van der Waals surface area contributed by atoms with E-state index < -0.39 is 0 Å². The van der Waals surface area contributed by atoms with Gasteiger partial charge in [0, 0.05) is 39.7 Å². The second kappa shape index (κ2) is 8.71. The van der Waals surface area contributed by atoms with Crippen molar-refractivity contribution in [3.05, 3.63) is 98.1 Å². The van der Waals surface area contributed by atoms with Gasteiger partial charge in [0.15, 0.2) is 0 Å². The van der Waals surface area contributed by atoms with Crippen molar-refractivity contribution in [3.8, 4) is 16.3 Å². The summed E-state index contributed by atoms with van der Waals surface area (Å²) >= 11 is 4.98. The number of hydrogen-bond acceptors (Lipinski definition) is 5. The van der Waals surface area contributed by atoms with Crippen molar-refractivity contribution in [3.63, 3.8) is 0 Å². The molecule has 0 saturated carbocycles. The first-order chi connectivity index (χ1) is 14.1. The van der Waals surface area contributed by atoms with Crippen LogP contribution in [0.15, 0.2) is 75.7 Å². The number of hydrogen-bond donors (Lipinski definition) is 0. The Morgan fingerprint density at radius 1 is 1.21 bits per heavy atom. The second-order valence-electron chi connectivity index (χ2n) is 6.56. The Balaban J connectivity index is 1.72. The number of nitrogens with zero attached hydrogens (tertiary/aromatic N) is 3. The van der Waals surface area contributed by atoms with E-state index in [-0.39, 0.29) is 5.56 Å². The first-order valence-electron chi connectivity index (χ1n) is 9.02. The lowest BCUT2D eigenvalue weighted by Crippen LogP contribution is -2.22. The van der Waals surface area contributed by atoms with Gasteiger partial charge in [-0.1, -0.05) is 46.3 Å². The van der Waals surface area contributed by atoms with Crippen LogP contribution in [0.4, 0.5) is 0 Å². The van der Waals surface area contributed by atoms with Gasteiger partial charge in [-0.05, 0) is 24.6 Å². The topological polar surface area (TPSA) is 57.0 Å². The molecule has 0 fully saturated rings. The van der Waals surface area contributed by atoms with E-state index in [9.17, 15) is 4.79 Å². The van der Waals surface area contributed by atoms with Crippen LogP contribution >= 0.6 is 27.3 Å². The molecule has 0 atom stereocenters. The SMILES string of the molecule is Cc1csc(-c2cc(OCc3ccccc3)cn(Cc3cnccc3Br)c2=O)n1. The summed E-state index contributed by atoms with van der Waals surface area (Å²) in [6, 6.07) is 13.6. The summed E-state index contributed by atoms with van der Waals surface area (Å²) in [7, 11) is 0. The highest BCUT2D eigenvalue weighted by Crippen LogP contribution is 2.25. The van der Waals surface area contributed by atoms with E-state index in [0.29, 0.717) is 29.5 Å². The van der Waals surface area contributed by atoms with Crippen LogP contribution in [0.3, 0.4) is 0 Å². The van der Waals surface area contributed by atoms with Crippen molar-refractivity contribution in [1.29, 1.82) is 0 Å². The van der Waals surface area contributed by atoms with Crippen molar-refractivity contribution in [2.75, 3.05) is 0 Å². The van der Waals surface area contributed by atoms with E-state index in [2.05, 4.69) is 25.9 Å². The molecule has 7 heteroatoms. The highest BCUT2D eigenvalue weighted by molar-refractivity contribution is 9.10. The molecule has 1 aromatic carbocycles. The Kier molecular flexibility index (Phi) is 5.87. The molecular formula is C22H18BrN3O2S. The van der Waals surface area contributed by atoms with Gasteiger partial charge in [-0.15, -0.1) is 11.3 Å². The zero-order valence-corrected chi connectivity index (χ0v) is 18.1. The third kappa shape index (κ3) is 4.63. The fourth-order valence-electron chi connectivity index (χ4n) is 2.89. The maximum absolute atomic E-state index is 13.2. The number of pyridine rings is 2. The van der Waals surface area contributed by atoms with E-state index in [1.807, 2.05) is 48.7 Å². The Bertz CT molecular complexity index is 1190. The lowest BCUT2D eigenvalue weighted by Gasteiger charge is -2.13. The molecule has 4 aromatic rings. The van der Waals surface area contributed by atoms with Crippen molar-refractivity contribution < 1.29 is 4.74 Å². The number of benzene rings is 1. The third-order valence-corrected chi connectivity index (χ3v) is 6.11. The van der Waals surface area contributed by atoms with Gasteiger partial charge in [0.2, 0.25) is 0 Å². The van der Waals surface area contributed by atoms with Crippen LogP contribution in [-0.4, -0.2) is 14.5 Å². The average molecular weight is 468 g/mol. The van der Waals surface area contributed by atoms with Crippen LogP contribution in [0.5, 0.6) is 5.75 Å². The molecule has 0 aliphatic rings. The minimum Gasteiger partial charge on any atom is -0.487 e. The summed E-state index contributed by atoms with van der Waals surface area (Å²) in [5.41, 5.74) is 3.29. The third-order valence-electron chi connectivity index (χ3n) is 4.34. The number of ether oxygens (including phenoxy) is 1. The molecule has 3 aromatic heterocycles. The van der Waals surface area contributed by atoms with Crippen molar-refractivity contribution in [1.82, 2.24) is 14.5 Å². The molecule has 146 valence electrons. The van der Waals surface area contributed by atoms with Crippen LogP contribution in [0.25, 0.3) is 10.6 Å². The number of rotatable bonds is 6. The van der Waals surface area contributed by atoms with Crippen LogP contribution in [-0.2, 0) is 13.2 Å². The second-order valence-corrected chi connectivity index (χ2v) is 8.27. The van der Waals surface area contributed by atoms with Crippen LogP contribution in [0.1, 0.15) is 16.8 Å². The van der Waals surface area contributed by atoms with Crippen LogP contribution in [0.2, 0.25) is 0 Å². The van der Waals surface area contributed by atoms with Gasteiger partial charge in [-0.3, -0.25) is 9.78 Å². The molecule has 0 unspecified atom stereocenters. The van der Waals surface area contributed by atoms with Crippen molar-refractivity contribution in [2.24, 2.45) is 0 Å². The molecule has 5 nitrogen and oxygen atoms in total. The summed E-state index contributed by atoms with van der Waals surface area (Å²) < 4.78 is 8.57. The Morgan fingerprint density at radius 3 is 2.76 bits per heavy atom. The summed E-state index contributed by atoms with van der Waals surface area (Å²) in [6.07, 6.45) is 5.20. The number of aromatic nitrogens is 3. The Morgan fingerprint density at radius 2 is 2.03 bits per heavy atom. The fraction of sp³-hybridized carbons (Fsp3) is 0.136. The standard InChI is InChI=1S/C22H18BrN3O2S/c1-15-14-29-21(25-15)19-9-18(28-13-16-5-3-2-4-6-16)12-26(22(19)27)11-17-10-24-8-7-20(17)23/h2-10,12,14H,11,13H2,1H3. The molecule has 0 radical (unpaired) electrons. The minimum absolute atomic E-state index is 0.109. The van der Waals surface area contributed by atoms with Gasteiger partial charge in [0.25, 0.3) is 5.56 Å². The molecule has 0 amide bonds. The normalized spacial score (nSPS) is 10.8. The maximum Gasteiger partial charge on any atom is 0.261 e. The first kappa shape index (κ1) is 19.5. The Labute approximate surface area is 180 Å². The quantitative estimate of drug-likeness (QED) is 0.397. The molecule has 29 heavy (non-hydrogen) atoms. The van der Waals surface area contributed by atoms with Gasteiger partial charge in [0.05, 0.1) is 12.1 Å². The molecule has 0 N–H and O–H groups in total. The maximum atomic E-state index is 13.2. The van der Waals surface area contributed by atoms with E-state index in [1.165, 1.54) is 11.3 Å². The molecule has 0 bridgehead atoms. The molecular weight excluding hydrogens is 450 g/mol. The largest absolute Gasteiger partial charge is 0.487 e. The molecule has 0 saturated heterocycles. The van der Waals surface area contributed by atoms with Crippen LogP contribution in [0, 0.1) is 6.92 Å². The van der Waals surface area contributed by atoms with Crippen LogP contribution < -0.4 is 10.3 Å². The molecule has 0 aliphatic heterocycles. The first-order valence-corrected chi connectivity index (χ1v) is 10.7. The van der Waals surface area contributed by atoms with Gasteiger partial charge >= 0.3 is 0 Å². The highest BCUT2D eigenvalue weighted by Gasteiger charge is 2.14. The van der Waals surface area contributed by atoms with Gasteiger partial charge in [-0.25, -0.2) is 4.98 Å². The zero-order valence-electron chi connectivity index (χ0n) is 15.7. The van der Waals surface area contributed by atoms with Gasteiger partial charge in [-0.2, -0.15) is 0 Å². The number of thiazole rings is 1. The molecule has 0 spiro atoms. The molecule has 4 rings (SSSR count). The van der Waals surface area contributed by atoms with Gasteiger partial charge < -0.3 is 9.30 Å². The summed E-state index contributed by atoms with van der Waals surface area (Å²) in [5, 5.41) is 2.63. The monoisotopic (exact) mass is 467 g/mol. The summed E-state index contributed by atoms with van der Waals surface area (Å²) in [4.78, 5) is 21.8. The molecule has 3 heterocycles. The lowest BCUT2D eigenvalue weighted by atomic mass is 10.2. The summed E-state index contributed by atoms with van der Waals surface area (Å²) in [5.74, 6) is 0.622. The zero-order chi connectivity index (χ0) is 20.2. The number of aryl methyl sites for hydroxylation is 1. The van der Waals surface area contributed by atoms with Crippen molar-refractivity contribution in [2.45, 2.75) is 20.1 Å². The average Bonchev–Trinajstić information content (AvgIpc) is 3.17. The van der Waals surface area contributed by atoms with E-state index in [4.69, 9.17) is 4.74 Å². The summed E-state index contributed by atoms with van der Waals surface area (Å²) in [6.45, 7) is 2.72. The predicted molar refractivity (Wildman–Crippen MR) is 118 cm³/mol. The lowest BCUT2D eigenvalue weighted by molar-refractivity contribution is 0.303. The van der Waals surface area contributed by atoms with Gasteiger partial charge in [0.1, 0.15) is 17.4 Å². The number of halogens is 1.